The van der Waals surface area contributed by atoms with Crippen molar-refractivity contribution < 1.29 is 66.9 Å². The van der Waals surface area contributed by atoms with Gasteiger partial charge in [-0.15, -0.1) is 20.5 Å². The summed E-state index contributed by atoms with van der Waals surface area (Å²) < 4.78 is 161. The average Bonchev–Trinajstić information content (AvgIpc) is 3.29. The lowest BCUT2D eigenvalue weighted by Gasteiger charge is -2.25. The molecule has 0 spiro atoms. The number of thioether (sulfide) groups is 1. The number of rotatable bonds is 21. The first kappa shape index (κ1) is 54.5. The highest BCUT2D eigenvalue weighted by Gasteiger charge is 2.34. The second-order valence-corrected chi connectivity index (χ2v) is 18.1. The molecule has 1 heterocycles. The van der Waals surface area contributed by atoms with Crippen LogP contribution in [-0.4, -0.2) is 98.8 Å². The molecular formula is C41H45F6N11O9S3. The molecule has 70 heavy (non-hydrogen) atoms. The lowest BCUT2D eigenvalue weighted by molar-refractivity contribution is -0.138. The Hall–Kier alpha value is -6.40. The van der Waals surface area contributed by atoms with Crippen LogP contribution in [0.25, 0.3) is 0 Å². The molecule has 0 aliphatic carbocycles. The number of alkyl halides is 6. The highest BCUT2D eigenvalue weighted by Crippen LogP contribution is 2.44. The zero-order valence-electron chi connectivity index (χ0n) is 37.8. The number of hydrogen-bond donors (Lipinski definition) is 5. The first-order valence-corrected chi connectivity index (χ1v) is 24.4. The van der Waals surface area contributed by atoms with Crippen molar-refractivity contribution in [3.8, 4) is 11.5 Å². The van der Waals surface area contributed by atoms with Gasteiger partial charge >= 0.3 is 12.4 Å². The maximum absolute atomic E-state index is 13.5. The molecule has 0 aliphatic heterocycles. The predicted molar refractivity (Wildman–Crippen MR) is 248 cm³/mol. The summed E-state index contributed by atoms with van der Waals surface area (Å²) >= 11 is 0.996. The third kappa shape index (κ3) is 13.5. The SMILES string of the molecule is CCN(CC)c1cc(Nc2nc(Nc3cc(N(CC)CC)c(OC)cc3/N=N/c3ccc(C(F)(F)F)cc3S(=O)(=O)O)nc(SCCO)n2)c(/N=N/c2ccc(C(F)(F)F)cc2S(=O)(=O)O)cc1OC. The van der Waals surface area contributed by atoms with E-state index in [1.165, 1.54) is 26.4 Å². The molecule has 5 N–H and O–H groups in total. The van der Waals surface area contributed by atoms with Gasteiger partial charge in [-0.3, -0.25) is 9.11 Å². The highest BCUT2D eigenvalue weighted by molar-refractivity contribution is 7.99. The van der Waals surface area contributed by atoms with Crippen molar-refractivity contribution in [2.24, 2.45) is 20.5 Å². The van der Waals surface area contributed by atoms with Crippen LogP contribution in [0.15, 0.2) is 96.1 Å². The zero-order valence-corrected chi connectivity index (χ0v) is 40.3. The number of hydrogen-bond acceptors (Lipinski definition) is 19. The highest BCUT2D eigenvalue weighted by atomic mass is 32.2. The van der Waals surface area contributed by atoms with Gasteiger partial charge in [0, 0.05) is 44.1 Å². The molecule has 4 aromatic carbocycles. The number of nitrogens with one attached hydrogen (secondary N) is 2. The van der Waals surface area contributed by atoms with E-state index in [0.29, 0.717) is 61.8 Å². The van der Waals surface area contributed by atoms with Crippen molar-refractivity contribution in [3.05, 3.63) is 71.8 Å². The van der Waals surface area contributed by atoms with E-state index in [2.05, 4.69) is 46.0 Å². The summed E-state index contributed by atoms with van der Waals surface area (Å²) in [5.74, 6) is 0.196. The van der Waals surface area contributed by atoms with Gasteiger partial charge in [0.15, 0.2) is 5.16 Å². The molecule has 0 unspecified atom stereocenters. The fourth-order valence-electron chi connectivity index (χ4n) is 6.52. The third-order valence-corrected chi connectivity index (χ3v) is 12.5. The van der Waals surface area contributed by atoms with Crippen LogP contribution >= 0.6 is 11.8 Å². The Morgan fingerprint density at radius 2 is 0.971 bits per heavy atom. The van der Waals surface area contributed by atoms with Crippen LogP contribution in [0.1, 0.15) is 38.8 Å². The molecule has 0 radical (unpaired) electrons. The van der Waals surface area contributed by atoms with Crippen LogP contribution < -0.4 is 29.9 Å². The number of halogens is 6. The Bertz CT molecular complexity index is 2790. The summed E-state index contributed by atoms with van der Waals surface area (Å²) in [7, 11) is -7.78. The summed E-state index contributed by atoms with van der Waals surface area (Å²) in [5.41, 5.74) is -3.06. The second kappa shape index (κ2) is 22.6. The number of anilines is 6. The Morgan fingerprint density at radius 1 is 0.600 bits per heavy atom. The van der Waals surface area contributed by atoms with Gasteiger partial charge in [0.25, 0.3) is 20.2 Å². The number of benzene rings is 4. The van der Waals surface area contributed by atoms with Crippen molar-refractivity contribution in [2.45, 2.75) is 55.0 Å². The number of methoxy groups -OCH3 is 2. The average molecular weight is 1050 g/mol. The van der Waals surface area contributed by atoms with E-state index in [-0.39, 0.29) is 75.8 Å². The van der Waals surface area contributed by atoms with E-state index in [1.807, 2.05) is 37.5 Å². The molecule has 0 amide bonds. The summed E-state index contributed by atoms with van der Waals surface area (Å²) in [6, 6.07) is 8.89. The molecule has 0 atom stereocenters. The maximum atomic E-state index is 13.5. The van der Waals surface area contributed by atoms with Crippen LogP contribution in [-0.2, 0) is 32.6 Å². The molecule has 0 saturated heterocycles. The maximum Gasteiger partial charge on any atom is 0.416 e. The van der Waals surface area contributed by atoms with Crippen molar-refractivity contribution in [1.29, 1.82) is 0 Å². The molecule has 20 nitrogen and oxygen atoms in total. The summed E-state index contributed by atoms with van der Waals surface area (Å²) in [6.07, 6.45) is -9.94. The number of aromatic nitrogens is 3. The van der Waals surface area contributed by atoms with E-state index in [9.17, 15) is 57.4 Å². The predicted octanol–water partition coefficient (Wildman–Crippen LogP) is 10.5. The van der Waals surface area contributed by atoms with Gasteiger partial charge in [0.05, 0.1) is 54.7 Å². The molecule has 29 heteroatoms. The van der Waals surface area contributed by atoms with Gasteiger partial charge in [-0.25, -0.2) is 0 Å². The fourth-order valence-corrected chi connectivity index (χ4v) is 8.39. The second-order valence-electron chi connectivity index (χ2n) is 14.2. The normalized spacial score (nSPS) is 12.4. The lowest BCUT2D eigenvalue weighted by atomic mass is 10.2. The minimum absolute atomic E-state index is 0.0282. The van der Waals surface area contributed by atoms with Crippen LogP contribution in [0.3, 0.4) is 0 Å². The number of azo groups is 2. The number of ether oxygens (including phenoxy) is 2. The van der Waals surface area contributed by atoms with E-state index in [4.69, 9.17) is 9.47 Å². The van der Waals surface area contributed by atoms with E-state index in [0.717, 1.165) is 11.8 Å². The molecule has 0 fully saturated rings. The van der Waals surface area contributed by atoms with Crippen molar-refractivity contribution in [1.82, 2.24) is 15.0 Å². The number of aliphatic hydroxyl groups excluding tert-OH is 1. The minimum Gasteiger partial charge on any atom is -0.494 e. The molecule has 1 aromatic heterocycles. The standard InChI is InChI=1S/C41H45F6N11O9S3/c1-7-57(8-2)31-19-27(29(21-33(31)66-5)55-53-25-13-11-23(40(42,43)44)17-35(25)69(60,61)62)48-37-50-38(52-39(51-37)68-16-15-59)49-28-20-32(58(9-3)10-4)34(67-6)22-30(28)56-54-26-14-12-24(41(45,46)47)18-36(26)70(63,64)65/h11-14,17-22,59H,7-10,15-16H2,1-6H3,(H,60,61,62)(H,63,64,65)(H2,48,49,50,51,52)/b55-53+,56-54+. The topological polar surface area (TPSA) is 266 Å². The Kier molecular flexibility index (Phi) is 17.6. The lowest BCUT2D eigenvalue weighted by Crippen LogP contribution is -2.22. The van der Waals surface area contributed by atoms with Crippen LogP contribution in [0.5, 0.6) is 11.5 Å². The van der Waals surface area contributed by atoms with Gasteiger partial charge in [-0.2, -0.15) is 58.1 Å². The van der Waals surface area contributed by atoms with Crippen molar-refractivity contribution in [3.63, 3.8) is 0 Å². The molecule has 5 rings (SSSR count). The number of nitrogens with zero attached hydrogens (tertiary/aromatic N) is 9. The molecular weight excluding hydrogens is 1000 g/mol. The Labute approximate surface area is 401 Å². The van der Waals surface area contributed by atoms with Crippen LogP contribution in [0.2, 0.25) is 0 Å². The first-order chi connectivity index (χ1) is 32.9. The molecule has 0 saturated carbocycles. The minimum atomic E-state index is -5.26. The van der Waals surface area contributed by atoms with Crippen molar-refractivity contribution in [2.75, 3.05) is 73.2 Å². The van der Waals surface area contributed by atoms with Crippen LogP contribution in [0, 0.1) is 0 Å². The Balaban J connectivity index is 1.70. The first-order valence-electron chi connectivity index (χ1n) is 20.6. The zero-order chi connectivity index (χ0) is 51.8. The molecule has 0 aliphatic rings. The smallest absolute Gasteiger partial charge is 0.416 e. The van der Waals surface area contributed by atoms with Gasteiger partial charge < -0.3 is 35.0 Å². The van der Waals surface area contributed by atoms with Crippen molar-refractivity contribution >= 4 is 89.4 Å². The van der Waals surface area contributed by atoms with E-state index >= 15 is 0 Å². The number of aliphatic hydroxyl groups is 1. The largest absolute Gasteiger partial charge is 0.494 e. The molecule has 0 bridgehead atoms. The van der Waals surface area contributed by atoms with Gasteiger partial charge in [0.2, 0.25) is 11.9 Å². The van der Waals surface area contributed by atoms with Crippen LogP contribution in [0.4, 0.5) is 83.7 Å². The Morgan fingerprint density at radius 3 is 1.29 bits per heavy atom. The van der Waals surface area contributed by atoms with Gasteiger partial charge in [-0.1, -0.05) is 11.8 Å². The van der Waals surface area contributed by atoms with E-state index in [1.54, 1.807) is 12.1 Å². The summed E-state index contributed by atoms with van der Waals surface area (Å²) in [5, 5.41) is 31.9. The van der Waals surface area contributed by atoms with E-state index < -0.39 is 64.9 Å². The summed E-state index contributed by atoms with van der Waals surface area (Å²) in [6.45, 7) is 9.08. The monoisotopic (exact) mass is 1050 g/mol. The molecule has 378 valence electrons. The van der Waals surface area contributed by atoms with Gasteiger partial charge in [-0.05, 0) is 76.2 Å². The quantitative estimate of drug-likeness (QED) is 0.0198. The van der Waals surface area contributed by atoms with Gasteiger partial charge in [0.1, 0.15) is 44.0 Å². The third-order valence-electron chi connectivity index (χ3n) is 9.89. The fraction of sp³-hybridized carbons (Fsp3) is 0.341. The molecule has 5 aromatic rings. The summed E-state index contributed by atoms with van der Waals surface area (Å²) in [4.78, 5) is 14.9.